The summed E-state index contributed by atoms with van der Waals surface area (Å²) in [6, 6.07) is 7.09. The van der Waals surface area contributed by atoms with Gasteiger partial charge in [0.2, 0.25) is 0 Å². The molecule has 1 atom stereocenters. The van der Waals surface area contributed by atoms with E-state index >= 15 is 0 Å². The van der Waals surface area contributed by atoms with Crippen molar-refractivity contribution in [3.05, 3.63) is 29.8 Å². The molecule has 21 heavy (non-hydrogen) atoms. The Labute approximate surface area is 125 Å². The van der Waals surface area contributed by atoms with Crippen molar-refractivity contribution in [1.82, 2.24) is 5.32 Å². The third kappa shape index (κ3) is 5.95. The van der Waals surface area contributed by atoms with E-state index in [-0.39, 0.29) is 12.6 Å². The number of carbonyl (C=O) groups is 2. The van der Waals surface area contributed by atoms with E-state index < -0.39 is 11.8 Å². The summed E-state index contributed by atoms with van der Waals surface area (Å²) in [6.45, 7) is 3.79. The van der Waals surface area contributed by atoms with Gasteiger partial charge in [-0.25, -0.2) is 0 Å². The van der Waals surface area contributed by atoms with Gasteiger partial charge < -0.3 is 15.7 Å². The van der Waals surface area contributed by atoms with E-state index in [2.05, 4.69) is 17.6 Å². The lowest BCUT2D eigenvalue weighted by molar-refractivity contribution is -0.136. The highest BCUT2D eigenvalue weighted by Gasteiger charge is 2.17. The number of hydrogen-bond donors (Lipinski definition) is 3. The minimum absolute atomic E-state index is 0.179. The lowest BCUT2D eigenvalue weighted by Crippen LogP contribution is -2.43. The molecule has 1 rings (SSSR count). The molecule has 0 unspecified atom stereocenters. The lowest BCUT2D eigenvalue weighted by Gasteiger charge is -2.13. The van der Waals surface area contributed by atoms with Crippen LogP contribution in [0.25, 0.3) is 0 Å². The van der Waals surface area contributed by atoms with E-state index in [4.69, 9.17) is 5.11 Å². The third-order valence-electron chi connectivity index (χ3n) is 3.29. The Kier molecular flexibility index (Phi) is 7.46. The standard InChI is InChI=1S/C16H24N2O3/c1-3-5-6-12-7-9-14(10-8-12)18-16(21)15(20)17-13(4-2)11-19/h7-10,13,19H,3-6,11H2,1-2H3,(H,17,20)(H,18,21)/t13-/m0/s1. The van der Waals surface area contributed by atoms with Crippen LogP contribution in [-0.2, 0) is 16.0 Å². The van der Waals surface area contributed by atoms with Gasteiger partial charge in [0.1, 0.15) is 0 Å². The number of nitrogens with one attached hydrogen (secondary N) is 2. The number of carbonyl (C=O) groups excluding carboxylic acids is 2. The molecule has 0 saturated heterocycles. The summed E-state index contributed by atoms with van der Waals surface area (Å²) < 4.78 is 0. The summed E-state index contributed by atoms with van der Waals surface area (Å²) in [5.74, 6) is -1.45. The Morgan fingerprint density at radius 1 is 1.14 bits per heavy atom. The van der Waals surface area contributed by atoms with E-state index in [9.17, 15) is 9.59 Å². The fraction of sp³-hybridized carbons (Fsp3) is 0.500. The van der Waals surface area contributed by atoms with Crippen molar-refractivity contribution < 1.29 is 14.7 Å². The Hall–Kier alpha value is -1.88. The molecule has 3 N–H and O–H groups in total. The zero-order chi connectivity index (χ0) is 15.7. The lowest BCUT2D eigenvalue weighted by atomic mass is 10.1. The Bertz CT molecular complexity index is 453. The van der Waals surface area contributed by atoms with Crippen molar-refractivity contribution in [1.29, 1.82) is 0 Å². The maximum Gasteiger partial charge on any atom is 0.313 e. The van der Waals surface area contributed by atoms with Gasteiger partial charge in [-0.15, -0.1) is 0 Å². The second-order valence-corrected chi connectivity index (χ2v) is 5.02. The van der Waals surface area contributed by atoms with Crippen molar-refractivity contribution in [3.8, 4) is 0 Å². The van der Waals surface area contributed by atoms with Crippen molar-refractivity contribution >= 4 is 17.5 Å². The molecule has 5 heteroatoms. The topological polar surface area (TPSA) is 78.4 Å². The van der Waals surface area contributed by atoms with Crippen LogP contribution in [0.5, 0.6) is 0 Å². The summed E-state index contributed by atoms with van der Waals surface area (Å²) in [5.41, 5.74) is 1.80. The van der Waals surface area contributed by atoms with E-state index in [0.717, 1.165) is 19.3 Å². The smallest absolute Gasteiger partial charge is 0.313 e. The average molecular weight is 292 g/mol. The van der Waals surface area contributed by atoms with Gasteiger partial charge in [-0.2, -0.15) is 0 Å². The molecule has 0 aromatic heterocycles. The number of amides is 2. The van der Waals surface area contributed by atoms with Crippen LogP contribution in [0.2, 0.25) is 0 Å². The highest BCUT2D eigenvalue weighted by molar-refractivity contribution is 6.39. The second-order valence-electron chi connectivity index (χ2n) is 5.02. The van der Waals surface area contributed by atoms with Crippen molar-refractivity contribution in [2.24, 2.45) is 0 Å². The largest absolute Gasteiger partial charge is 0.394 e. The van der Waals surface area contributed by atoms with Gasteiger partial charge in [0, 0.05) is 5.69 Å². The number of anilines is 1. The molecule has 1 aromatic rings. The Morgan fingerprint density at radius 2 is 1.81 bits per heavy atom. The molecule has 0 saturated carbocycles. The van der Waals surface area contributed by atoms with Crippen LogP contribution >= 0.6 is 0 Å². The zero-order valence-corrected chi connectivity index (χ0v) is 12.7. The number of unbranched alkanes of at least 4 members (excludes halogenated alkanes) is 1. The highest BCUT2D eigenvalue weighted by atomic mass is 16.3. The van der Waals surface area contributed by atoms with Crippen LogP contribution in [0.1, 0.15) is 38.7 Å². The number of aryl methyl sites for hydroxylation is 1. The molecular formula is C16H24N2O3. The molecule has 1 aromatic carbocycles. The number of aliphatic hydroxyl groups excluding tert-OH is 1. The van der Waals surface area contributed by atoms with Gasteiger partial charge in [0.25, 0.3) is 0 Å². The SMILES string of the molecule is CCCCc1ccc(NC(=O)C(=O)N[C@@H](CC)CO)cc1. The molecule has 5 nitrogen and oxygen atoms in total. The van der Waals surface area contributed by atoms with E-state index in [1.54, 1.807) is 12.1 Å². The predicted octanol–water partition coefficient (Wildman–Crippen LogP) is 1.85. The quantitative estimate of drug-likeness (QED) is 0.671. The number of benzene rings is 1. The normalized spacial score (nSPS) is 11.8. The fourth-order valence-electron chi connectivity index (χ4n) is 1.85. The van der Waals surface area contributed by atoms with Gasteiger partial charge in [-0.1, -0.05) is 32.4 Å². The highest BCUT2D eigenvalue weighted by Crippen LogP contribution is 2.11. The van der Waals surface area contributed by atoms with Crippen molar-refractivity contribution in [2.45, 2.75) is 45.6 Å². The first-order chi connectivity index (χ1) is 10.1. The first-order valence-corrected chi connectivity index (χ1v) is 7.42. The molecule has 0 aliphatic rings. The molecule has 0 bridgehead atoms. The van der Waals surface area contributed by atoms with E-state index in [0.29, 0.717) is 12.1 Å². The fourth-order valence-corrected chi connectivity index (χ4v) is 1.85. The van der Waals surface area contributed by atoms with Crippen LogP contribution in [0.3, 0.4) is 0 Å². The molecule has 0 aliphatic carbocycles. The molecule has 116 valence electrons. The van der Waals surface area contributed by atoms with Crippen molar-refractivity contribution in [2.75, 3.05) is 11.9 Å². The van der Waals surface area contributed by atoms with Gasteiger partial charge in [0.15, 0.2) is 0 Å². The monoisotopic (exact) mass is 292 g/mol. The van der Waals surface area contributed by atoms with Crippen LogP contribution in [0.4, 0.5) is 5.69 Å². The average Bonchev–Trinajstić information content (AvgIpc) is 2.51. The summed E-state index contributed by atoms with van der Waals surface area (Å²) in [6.07, 6.45) is 3.86. The first kappa shape index (κ1) is 17.2. The maximum absolute atomic E-state index is 11.7. The molecule has 0 radical (unpaired) electrons. The Morgan fingerprint density at radius 3 is 2.33 bits per heavy atom. The zero-order valence-electron chi connectivity index (χ0n) is 12.7. The summed E-state index contributed by atoms with van der Waals surface area (Å²) in [5, 5.41) is 14.0. The molecule has 0 spiro atoms. The van der Waals surface area contributed by atoms with Gasteiger partial charge in [0.05, 0.1) is 12.6 Å². The second kappa shape index (κ2) is 9.13. The summed E-state index contributed by atoms with van der Waals surface area (Å²) in [4.78, 5) is 23.4. The Balaban J connectivity index is 2.52. The van der Waals surface area contributed by atoms with Gasteiger partial charge in [-0.05, 0) is 37.0 Å². The van der Waals surface area contributed by atoms with Crippen molar-refractivity contribution in [3.63, 3.8) is 0 Å². The molecule has 0 heterocycles. The molecule has 2 amide bonds. The first-order valence-electron chi connectivity index (χ1n) is 7.42. The van der Waals surface area contributed by atoms with Crippen LogP contribution in [-0.4, -0.2) is 29.6 Å². The van der Waals surface area contributed by atoms with Gasteiger partial charge in [-0.3, -0.25) is 9.59 Å². The van der Waals surface area contributed by atoms with Crippen LogP contribution in [0.15, 0.2) is 24.3 Å². The molecule has 0 aliphatic heterocycles. The van der Waals surface area contributed by atoms with E-state index in [1.807, 2.05) is 19.1 Å². The molecule has 0 fully saturated rings. The van der Waals surface area contributed by atoms with E-state index in [1.165, 1.54) is 5.56 Å². The number of hydrogen-bond acceptors (Lipinski definition) is 3. The number of rotatable bonds is 7. The number of aliphatic hydroxyl groups is 1. The van der Waals surface area contributed by atoms with Crippen LogP contribution < -0.4 is 10.6 Å². The summed E-state index contributed by atoms with van der Waals surface area (Å²) >= 11 is 0. The molecular weight excluding hydrogens is 268 g/mol. The van der Waals surface area contributed by atoms with Crippen LogP contribution in [0, 0.1) is 0 Å². The third-order valence-corrected chi connectivity index (χ3v) is 3.29. The summed E-state index contributed by atoms with van der Waals surface area (Å²) in [7, 11) is 0. The maximum atomic E-state index is 11.7. The predicted molar refractivity (Wildman–Crippen MR) is 83.0 cm³/mol. The minimum Gasteiger partial charge on any atom is -0.394 e. The minimum atomic E-state index is -0.731. The van der Waals surface area contributed by atoms with Gasteiger partial charge >= 0.3 is 11.8 Å².